The van der Waals surface area contributed by atoms with Gasteiger partial charge in [-0.2, -0.15) is 0 Å². The molecular formula is C13H19NO4. The van der Waals surface area contributed by atoms with Gasteiger partial charge in [0.15, 0.2) is 0 Å². The molecule has 2 N–H and O–H groups in total. The first-order chi connectivity index (χ1) is 8.72. The molecule has 0 aliphatic rings. The summed E-state index contributed by atoms with van der Waals surface area (Å²) in [7, 11) is 1.57. The molecule has 0 saturated carbocycles. The first-order valence-corrected chi connectivity index (χ1v) is 5.81. The van der Waals surface area contributed by atoms with Crippen molar-refractivity contribution in [3.05, 3.63) is 35.4 Å². The molecule has 0 aliphatic heterocycles. The minimum atomic E-state index is -0.148. The van der Waals surface area contributed by atoms with E-state index in [1.54, 1.807) is 31.4 Å². The van der Waals surface area contributed by atoms with Crippen LogP contribution < -0.4 is 0 Å². The molecule has 100 valence electrons. The van der Waals surface area contributed by atoms with Crippen molar-refractivity contribution in [2.75, 3.05) is 33.4 Å². The summed E-state index contributed by atoms with van der Waals surface area (Å²) in [5.41, 5.74) is 1.30. The van der Waals surface area contributed by atoms with Gasteiger partial charge in [0.25, 0.3) is 5.91 Å². The maximum atomic E-state index is 12.1. The van der Waals surface area contributed by atoms with E-state index in [0.717, 1.165) is 5.56 Å². The lowest BCUT2D eigenvalue weighted by molar-refractivity contribution is 0.0656. The Balaban J connectivity index is 2.73. The van der Waals surface area contributed by atoms with Crippen LogP contribution >= 0.6 is 0 Å². The Kier molecular flexibility index (Phi) is 6.35. The Labute approximate surface area is 107 Å². The second-order valence-corrected chi connectivity index (χ2v) is 3.86. The molecular weight excluding hydrogens is 234 g/mol. The largest absolute Gasteiger partial charge is 0.395 e. The van der Waals surface area contributed by atoms with Gasteiger partial charge in [0.2, 0.25) is 0 Å². The van der Waals surface area contributed by atoms with Gasteiger partial charge in [-0.25, -0.2) is 0 Å². The maximum Gasteiger partial charge on any atom is 0.254 e. The lowest BCUT2D eigenvalue weighted by Gasteiger charge is -2.21. The van der Waals surface area contributed by atoms with Gasteiger partial charge in [-0.1, -0.05) is 12.1 Å². The number of nitrogens with zero attached hydrogens (tertiary/aromatic N) is 1. The van der Waals surface area contributed by atoms with Crippen LogP contribution in [0.25, 0.3) is 0 Å². The normalized spacial score (nSPS) is 10.4. The van der Waals surface area contributed by atoms with Crippen molar-refractivity contribution in [3.63, 3.8) is 0 Å². The second kappa shape index (κ2) is 7.81. The van der Waals surface area contributed by atoms with Gasteiger partial charge in [0.1, 0.15) is 0 Å². The summed E-state index contributed by atoms with van der Waals surface area (Å²) < 4.78 is 4.93. The predicted octanol–water partition coefficient (Wildman–Crippen LogP) is 0.260. The summed E-state index contributed by atoms with van der Waals surface area (Å²) in [6.07, 6.45) is 0. The van der Waals surface area contributed by atoms with Crippen molar-refractivity contribution in [2.24, 2.45) is 0 Å². The fourth-order valence-corrected chi connectivity index (χ4v) is 1.57. The van der Waals surface area contributed by atoms with E-state index in [4.69, 9.17) is 14.9 Å². The monoisotopic (exact) mass is 253 g/mol. The highest BCUT2D eigenvalue weighted by atomic mass is 16.5. The van der Waals surface area contributed by atoms with Crippen LogP contribution in [0.1, 0.15) is 15.9 Å². The predicted molar refractivity (Wildman–Crippen MR) is 67.2 cm³/mol. The minimum absolute atomic E-state index is 0.0432. The molecule has 1 aromatic rings. The average molecular weight is 253 g/mol. The molecule has 0 bridgehead atoms. The summed E-state index contributed by atoms with van der Waals surface area (Å²) in [4.78, 5) is 13.7. The molecule has 1 amide bonds. The van der Waals surface area contributed by atoms with E-state index < -0.39 is 0 Å². The van der Waals surface area contributed by atoms with Gasteiger partial charge in [-0.05, 0) is 17.7 Å². The van der Waals surface area contributed by atoms with Crippen molar-refractivity contribution in [3.8, 4) is 0 Å². The lowest BCUT2D eigenvalue weighted by Crippen LogP contribution is -2.36. The van der Waals surface area contributed by atoms with E-state index in [1.807, 2.05) is 0 Å². The molecule has 0 radical (unpaired) electrons. The van der Waals surface area contributed by atoms with Gasteiger partial charge in [0, 0.05) is 25.8 Å². The number of rotatable bonds is 7. The smallest absolute Gasteiger partial charge is 0.254 e. The standard InChI is InChI=1S/C13H19NO4/c1-18-9-7-14(6-8-15)13(17)12-4-2-11(10-16)3-5-12/h2-5,15-16H,6-10H2,1H3. The van der Waals surface area contributed by atoms with Gasteiger partial charge in [0.05, 0.1) is 19.8 Å². The molecule has 0 aromatic heterocycles. The Morgan fingerprint density at radius 1 is 1.22 bits per heavy atom. The van der Waals surface area contributed by atoms with E-state index >= 15 is 0 Å². The van der Waals surface area contributed by atoms with Crippen molar-refractivity contribution in [1.82, 2.24) is 4.90 Å². The Hall–Kier alpha value is -1.43. The Morgan fingerprint density at radius 2 is 1.89 bits per heavy atom. The molecule has 1 aromatic carbocycles. The summed E-state index contributed by atoms with van der Waals surface area (Å²) in [5.74, 6) is -0.148. The molecule has 0 saturated heterocycles. The number of methoxy groups -OCH3 is 1. The first kappa shape index (κ1) is 14.6. The van der Waals surface area contributed by atoms with Crippen LogP contribution in [0.3, 0.4) is 0 Å². The summed E-state index contributed by atoms with van der Waals surface area (Å²) in [6.45, 7) is 1.03. The summed E-state index contributed by atoms with van der Waals surface area (Å²) >= 11 is 0. The topological polar surface area (TPSA) is 70.0 Å². The number of benzene rings is 1. The van der Waals surface area contributed by atoms with E-state index in [0.29, 0.717) is 18.7 Å². The van der Waals surface area contributed by atoms with Crippen LogP contribution in [0.4, 0.5) is 0 Å². The van der Waals surface area contributed by atoms with E-state index in [1.165, 1.54) is 4.90 Å². The zero-order chi connectivity index (χ0) is 13.4. The molecule has 0 spiro atoms. The Bertz CT molecular complexity index is 364. The molecule has 5 heteroatoms. The second-order valence-electron chi connectivity index (χ2n) is 3.86. The third-order valence-electron chi connectivity index (χ3n) is 2.61. The SMILES string of the molecule is COCCN(CCO)C(=O)c1ccc(CO)cc1. The third-order valence-corrected chi connectivity index (χ3v) is 2.61. The number of ether oxygens (including phenoxy) is 1. The van der Waals surface area contributed by atoms with Crippen LogP contribution in [-0.2, 0) is 11.3 Å². The van der Waals surface area contributed by atoms with E-state index in [2.05, 4.69) is 0 Å². The van der Waals surface area contributed by atoms with E-state index in [9.17, 15) is 4.79 Å². The molecule has 1 rings (SSSR count). The van der Waals surface area contributed by atoms with Crippen molar-refractivity contribution in [2.45, 2.75) is 6.61 Å². The van der Waals surface area contributed by atoms with Gasteiger partial charge in [-0.3, -0.25) is 4.79 Å². The maximum absolute atomic E-state index is 12.1. The average Bonchev–Trinajstić information content (AvgIpc) is 2.43. The quantitative estimate of drug-likeness (QED) is 0.731. The number of hydrogen-bond acceptors (Lipinski definition) is 4. The highest BCUT2D eigenvalue weighted by molar-refractivity contribution is 5.94. The number of amides is 1. The molecule has 0 unspecified atom stereocenters. The minimum Gasteiger partial charge on any atom is -0.395 e. The number of carbonyl (C=O) groups excluding carboxylic acids is 1. The van der Waals surface area contributed by atoms with Crippen LogP contribution in [-0.4, -0.2) is 54.4 Å². The number of aliphatic hydroxyl groups excluding tert-OH is 2. The molecule has 0 fully saturated rings. The van der Waals surface area contributed by atoms with Crippen molar-refractivity contribution < 1.29 is 19.7 Å². The van der Waals surface area contributed by atoms with Crippen molar-refractivity contribution in [1.29, 1.82) is 0 Å². The van der Waals surface area contributed by atoms with Crippen LogP contribution in [0.2, 0.25) is 0 Å². The first-order valence-electron chi connectivity index (χ1n) is 5.81. The molecule has 0 heterocycles. The van der Waals surface area contributed by atoms with Crippen LogP contribution in [0.5, 0.6) is 0 Å². The Morgan fingerprint density at radius 3 is 2.39 bits per heavy atom. The van der Waals surface area contributed by atoms with Crippen molar-refractivity contribution >= 4 is 5.91 Å². The van der Waals surface area contributed by atoms with Gasteiger partial charge >= 0.3 is 0 Å². The lowest BCUT2D eigenvalue weighted by atomic mass is 10.1. The van der Waals surface area contributed by atoms with E-state index in [-0.39, 0.29) is 25.7 Å². The molecule has 0 atom stereocenters. The summed E-state index contributed by atoms with van der Waals surface area (Å²) in [6, 6.07) is 6.76. The zero-order valence-electron chi connectivity index (χ0n) is 10.5. The third kappa shape index (κ3) is 4.10. The fraction of sp³-hybridized carbons (Fsp3) is 0.462. The highest BCUT2D eigenvalue weighted by Crippen LogP contribution is 2.08. The molecule has 5 nitrogen and oxygen atoms in total. The number of hydrogen-bond donors (Lipinski definition) is 2. The molecule has 0 aliphatic carbocycles. The number of carbonyl (C=O) groups is 1. The zero-order valence-corrected chi connectivity index (χ0v) is 10.5. The fourth-order valence-electron chi connectivity index (χ4n) is 1.57. The highest BCUT2D eigenvalue weighted by Gasteiger charge is 2.14. The van der Waals surface area contributed by atoms with Crippen LogP contribution in [0.15, 0.2) is 24.3 Å². The molecule has 18 heavy (non-hydrogen) atoms. The number of aliphatic hydroxyl groups is 2. The van der Waals surface area contributed by atoms with Crippen LogP contribution in [0, 0.1) is 0 Å². The van der Waals surface area contributed by atoms with Gasteiger partial charge < -0.3 is 19.8 Å². The van der Waals surface area contributed by atoms with Gasteiger partial charge in [-0.15, -0.1) is 0 Å². The summed E-state index contributed by atoms with van der Waals surface area (Å²) in [5, 5.41) is 17.9.